The summed E-state index contributed by atoms with van der Waals surface area (Å²) in [6.45, 7) is 20.5. The first-order chi connectivity index (χ1) is 54.3. The molecule has 18 nitrogen and oxygen atoms in total. The van der Waals surface area contributed by atoms with E-state index >= 15 is 0 Å². The molecule has 0 N–H and O–H groups in total. The lowest BCUT2D eigenvalue weighted by atomic mass is 9.88. The zero-order valence-electron chi connectivity index (χ0n) is 67.1. The molecule has 12 aliphatic rings. The van der Waals surface area contributed by atoms with Crippen LogP contribution in [0, 0.1) is 23.7 Å². The molecule has 0 amide bonds. The average Bonchev–Trinajstić information content (AvgIpc) is 1.68. The third kappa shape index (κ3) is 17.8. The Bertz CT molecular complexity index is 4200. The van der Waals surface area contributed by atoms with Crippen molar-refractivity contribution < 1.29 is 76.6 Å². The maximum Gasteiger partial charge on any atom is 0.515 e. The van der Waals surface area contributed by atoms with Gasteiger partial charge in [-0.15, -0.1) is 0 Å². The van der Waals surface area contributed by atoms with E-state index in [4.69, 9.17) is 72.4 Å². The first-order valence-electron chi connectivity index (χ1n) is 42.1. The van der Waals surface area contributed by atoms with Gasteiger partial charge in [0.1, 0.15) is 0 Å². The van der Waals surface area contributed by atoms with Gasteiger partial charge in [0.25, 0.3) is 0 Å². The van der Waals surface area contributed by atoms with Crippen molar-refractivity contribution >= 4 is 140 Å². The molecule has 4 aliphatic carbocycles. The standard InChI is InChI=1S/C83H114O18Si12/c1-102(2,57-53-65-45-49-76-80(61-65)84-76)88-107(69-31-17-10-18-32-69)92-106(9)93-108(70-33-19-11-20-34-70,89-103(3,4)58-54-66-46-50-77-81(62-66)85-77)96-112(95-107,74-41-27-15-28-42-74)101-113(75-43-29-16-30-44-75)99-109(71-35-21-12-22-36-71,90-104(5,6)59-55-67-47-51-78-82(63-67)86-78)97-111(94-106,73-39-25-14-26-40-73)98-110(100-113,72-37-23-13-24-38-72)91-105(7,8)60-56-68-48-52-79-83(64-68)87-79/h10-44,65-68,76-83H,45-64H2,1-9H3. The second-order valence-electron chi connectivity index (χ2n) is 36.5. The first kappa shape index (κ1) is 80.5. The largest absolute Gasteiger partial charge is 0.515 e. The second-order valence-corrected chi connectivity index (χ2v) is 77.6. The third-order valence-corrected chi connectivity index (χ3v) is 74.6. The van der Waals surface area contributed by atoms with Crippen molar-refractivity contribution in [3.8, 4) is 0 Å². The molecule has 0 radical (unpaired) electrons. The second kappa shape index (κ2) is 31.8. The molecule has 16 unspecified atom stereocenters. The summed E-state index contributed by atoms with van der Waals surface area (Å²) in [7, 11) is -53.4. The van der Waals surface area contributed by atoms with Gasteiger partial charge in [0.2, 0.25) is 0 Å². The molecule has 0 spiro atoms. The van der Waals surface area contributed by atoms with Crippen LogP contribution in [0.1, 0.15) is 103 Å². The Morgan fingerprint density at radius 1 is 0.248 bits per heavy atom. The van der Waals surface area contributed by atoms with Crippen LogP contribution in [-0.4, -0.2) is 153 Å². The lowest BCUT2D eigenvalue weighted by Gasteiger charge is -2.58. The molecule has 19 rings (SSSR count). The lowest BCUT2D eigenvalue weighted by molar-refractivity contribution is 0.0456. The monoisotopic (exact) mass is 1730 g/mol. The van der Waals surface area contributed by atoms with Gasteiger partial charge in [0, 0.05) is 42.9 Å². The Morgan fingerprint density at radius 3 is 0.673 bits per heavy atom. The minimum atomic E-state index is -5.42. The van der Waals surface area contributed by atoms with Crippen LogP contribution in [0.25, 0.3) is 0 Å². The fourth-order valence-electron chi connectivity index (χ4n) is 19.1. The Morgan fingerprint density at radius 2 is 0.451 bits per heavy atom. The maximum atomic E-state index is 9.31. The van der Waals surface area contributed by atoms with Crippen molar-refractivity contribution in [3.05, 3.63) is 212 Å². The van der Waals surface area contributed by atoms with E-state index in [1.54, 1.807) is 0 Å². The van der Waals surface area contributed by atoms with E-state index in [0.29, 0.717) is 109 Å². The van der Waals surface area contributed by atoms with Gasteiger partial charge in [-0.25, -0.2) is 0 Å². The van der Waals surface area contributed by atoms with Crippen LogP contribution in [0.4, 0.5) is 0 Å². The highest BCUT2D eigenvalue weighted by atomic mass is 28.6. The van der Waals surface area contributed by atoms with Gasteiger partial charge in [-0.3, -0.25) is 0 Å². The lowest BCUT2D eigenvalue weighted by Crippen LogP contribution is -2.90. The summed E-state index contributed by atoms with van der Waals surface area (Å²) in [5.74, 6) is 1.82. The Kier molecular flexibility index (Phi) is 22.6. The van der Waals surface area contributed by atoms with Crippen LogP contribution >= 0.6 is 0 Å². The maximum absolute atomic E-state index is 9.31. The summed E-state index contributed by atoms with van der Waals surface area (Å²) in [5, 5.41) is 4.40. The van der Waals surface area contributed by atoms with Crippen molar-refractivity contribution in [3.63, 3.8) is 0 Å². The molecule has 7 aromatic rings. The highest BCUT2D eigenvalue weighted by Gasteiger charge is 2.80. The SMILES string of the molecule is C[Si](C)(CCC1CCC2OC2C1)O[Si]1(c2ccccc2)O[Si]2(C)O[Si](O[Si](C)(C)CCC3CCC4OC4C3)(c3ccccc3)O[Si](c3ccccc3)(O1)O[Si]1(c3ccccc3)O[Si](O[Si](C)(C)CCC3CCC4OC4C3)(c3ccccc3)O[Si](c3ccccc3)(O2)O[Si](O[Si](C)(C)CCC2CCC3OC3C2)(c2ccccc2)O1. The number of hydrogen-bond acceptors (Lipinski definition) is 18. The normalized spacial score (nSPS) is 37.4. The van der Waals surface area contributed by atoms with Gasteiger partial charge in [-0.05, 0) is 177 Å². The molecule has 602 valence electrons. The van der Waals surface area contributed by atoms with Gasteiger partial charge in [-0.2, -0.15) is 0 Å². The molecule has 7 aromatic carbocycles. The average molecular weight is 1740 g/mol. The van der Waals surface area contributed by atoms with Gasteiger partial charge >= 0.3 is 70.4 Å². The third-order valence-electron chi connectivity index (χ3n) is 25.4. The Labute approximate surface area is 682 Å². The number of benzene rings is 7. The van der Waals surface area contributed by atoms with Crippen LogP contribution in [0.2, 0.25) is 83.1 Å². The van der Waals surface area contributed by atoms with Crippen LogP contribution in [0.5, 0.6) is 0 Å². The van der Waals surface area contributed by atoms with E-state index in [9.17, 15) is 4.12 Å². The molecule has 12 fully saturated rings. The zero-order chi connectivity index (χ0) is 77.6. The van der Waals surface area contributed by atoms with Crippen LogP contribution < -0.4 is 36.3 Å². The fraction of sp³-hybridized carbons (Fsp3) is 0.494. The highest BCUT2D eigenvalue weighted by molar-refractivity contribution is 7.10. The molecule has 113 heavy (non-hydrogen) atoms. The number of ether oxygens (including phenoxy) is 4. The van der Waals surface area contributed by atoms with Crippen LogP contribution in [0.15, 0.2) is 212 Å². The molecule has 30 heteroatoms. The van der Waals surface area contributed by atoms with Crippen molar-refractivity contribution in [1.29, 1.82) is 0 Å². The van der Waals surface area contributed by atoms with Crippen LogP contribution in [0.3, 0.4) is 0 Å². The van der Waals surface area contributed by atoms with Gasteiger partial charge in [0.05, 0.1) is 48.8 Å². The van der Waals surface area contributed by atoms with E-state index < -0.39 is 104 Å². The van der Waals surface area contributed by atoms with Gasteiger partial charge in [-0.1, -0.05) is 238 Å². The highest BCUT2D eigenvalue weighted by Crippen LogP contribution is 2.50. The number of epoxide rings is 4. The van der Waals surface area contributed by atoms with E-state index in [0.717, 1.165) is 127 Å². The summed E-state index contributed by atoms with van der Waals surface area (Å²) in [5.41, 5.74) is 0. The molecule has 8 aliphatic heterocycles. The summed E-state index contributed by atoms with van der Waals surface area (Å²) in [4.78, 5) is 0. The predicted octanol–water partition coefficient (Wildman–Crippen LogP) is 13.4. The van der Waals surface area contributed by atoms with E-state index in [-0.39, 0.29) is 0 Å². The zero-order valence-corrected chi connectivity index (χ0v) is 79.1. The summed E-state index contributed by atoms with van der Waals surface area (Å²) in [6.07, 6.45) is 19.2. The Hall–Kier alpha value is -3.58. The van der Waals surface area contributed by atoms with E-state index in [1.807, 2.05) is 134 Å². The number of fused-ring (bicyclic) bond motifs is 8. The fourth-order valence-corrected chi connectivity index (χ4v) is 79.6. The topological polar surface area (TPSA) is 179 Å². The number of rotatable bonds is 27. The molecule has 8 saturated heterocycles. The molecular formula is C83H114O18Si12. The quantitative estimate of drug-likeness (QED) is 0.0350. The van der Waals surface area contributed by atoms with Crippen molar-refractivity contribution in [1.82, 2.24) is 0 Å². The smallest absolute Gasteiger partial charge is 0.413 e. The van der Waals surface area contributed by atoms with Crippen LogP contribution in [-0.2, 0) is 76.6 Å². The first-order valence-corrected chi connectivity index (χ1v) is 68.9. The summed E-state index contributed by atoms with van der Waals surface area (Å²) in [6, 6.07) is 74.8. The van der Waals surface area contributed by atoms with Crippen molar-refractivity contribution in [2.45, 2.75) is 235 Å². The summed E-state index contributed by atoms with van der Waals surface area (Å²) >= 11 is 0. The molecule has 4 bridgehead atoms. The van der Waals surface area contributed by atoms with E-state index in [1.165, 1.54) is 0 Å². The molecule has 0 aromatic heterocycles. The molecule has 4 saturated carbocycles. The van der Waals surface area contributed by atoms with Gasteiger partial charge < -0.3 is 76.6 Å². The van der Waals surface area contributed by atoms with Crippen molar-refractivity contribution in [2.75, 3.05) is 0 Å². The summed E-state index contributed by atoms with van der Waals surface area (Å²) < 4.78 is 150. The molecular weight excluding hydrogens is 1620 g/mol. The number of hydrogen-bond donors (Lipinski definition) is 0. The minimum Gasteiger partial charge on any atom is -0.413 e. The molecule has 16 atom stereocenters. The predicted molar refractivity (Wildman–Crippen MR) is 461 cm³/mol. The Balaban J connectivity index is 0.928. The van der Waals surface area contributed by atoms with Crippen molar-refractivity contribution in [2.24, 2.45) is 23.7 Å². The molecule has 8 heterocycles. The van der Waals surface area contributed by atoms with E-state index in [2.05, 4.69) is 137 Å². The van der Waals surface area contributed by atoms with Gasteiger partial charge in [0.15, 0.2) is 33.3 Å². The minimum absolute atomic E-state index is 0.311.